The first-order valence-electron chi connectivity index (χ1n) is 22.9. The number of likely N-dealkylation sites (tertiary alicyclic amines) is 1. The number of carbonyl (C=O) groups excluding carboxylic acids is 5. The van der Waals surface area contributed by atoms with E-state index in [4.69, 9.17) is 18.9 Å². The number of carbonyl (C=O) groups is 6. The predicted molar refractivity (Wildman–Crippen MR) is 244 cm³/mol. The normalized spacial score (nSPS) is 17.8. The first-order chi connectivity index (χ1) is 30.4. The molecular weight excluding hydrogens is 825 g/mol. The molecule has 1 heterocycles. The Morgan fingerprint density at radius 2 is 1.48 bits per heavy atom. The number of likely N-dealkylation sites (N-methyl/N-ethyl adjacent to an activating group) is 3. The molecule has 1 aliphatic heterocycles. The quantitative estimate of drug-likeness (QED) is 0.0824. The maximum Gasteiger partial charge on any atom is 0.326 e. The van der Waals surface area contributed by atoms with Crippen molar-refractivity contribution in [3.05, 3.63) is 35.9 Å². The molecule has 1 fully saturated rings. The van der Waals surface area contributed by atoms with E-state index in [9.17, 15) is 33.9 Å². The Bertz CT molecular complexity index is 1600. The van der Waals surface area contributed by atoms with Gasteiger partial charge in [-0.25, -0.2) is 4.79 Å². The van der Waals surface area contributed by atoms with Crippen molar-refractivity contribution in [2.24, 2.45) is 23.7 Å². The number of methoxy groups -OCH3 is 2. The number of carboxylic acid groups (broad SMARTS) is 1. The van der Waals surface area contributed by atoms with E-state index in [-0.39, 0.29) is 61.3 Å². The molecular formula is C47H80N6O11. The molecule has 1 aromatic rings. The maximum absolute atomic E-state index is 14.5. The smallest absolute Gasteiger partial charge is 0.326 e. The van der Waals surface area contributed by atoms with E-state index in [0.717, 1.165) is 12.1 Å². The van der Waals surface area contributed by atoms with Crippen LogP contribution in [0.5, 0.6) is 0 Å². The average molecular weight is 905 g/mol. The van der Waals surface area contributed by atoms with Crippen LogP contribution in [0.25, 0.3) is 0 Å². The largest absolute Gasteiger partial charge is 0.480 e. The maximum atomic E-state index is 14.5. The molecule has 0 aromatic heterocycles. The lowest BCUT2D eigenvalue weighted by atomic mass is 9.89. The monoisotopic (exact) mass is 905 g/mol. The van der Waals surface area contributed by atoms with Crippen molar-refractivity contribution < 1.29 is 52.8 Å². The Balaban J connectivity index is 2.21. The summed E-state index contributed by atoms with van der Waals surface area (Å²) in [5.41, 5.74) is 0.770. The minimum Gasteiger partial charge on any atom is -0.480 e. The van der Waals surface area contributed by atoms with Gasteiger partial charge in [-0.3, -0.25) is 24.0 Å². The van der Waals surface area contributed by atoms with Crippen LogP contribution in [-0.4, -0.2) is 173 Å². The Labute approximate surface area is 382 Å². The first kappa shape index (κ1) is 56.0. The highest BCUT2D eigenvalue weighted by molar-refractivity contribution is 5.92. The highest BCUT2D eigenvalue weighted by Crippen LogP contribution is 2.30. The second-order valence-electron chi connectivity index (χ2n) is 17.7. The summed E-state index contributed by atoms with van der Waals surface area (Å²) in [6.07, 6.45) is 0.585. The molecule has 64 heavy (non-hydrogen) atoms. The topological polar surface area (TPSA) is 205 Å². The summed E-state index contributed by atoms with van der Waals surface area (Å²) < 4.78 is 23.0. The van der Waals surface area contributed by atoms with E-state index in [1.807, 2.05) is 66.8 Å². The number of hydrogen-bond donors (Lipinski definition) is 4. The summed E-state index contributed by atoms with van der Waals surface area (Å²) in [4.78, 5) is 86.5. The van der Waals surface area contributed by atoms with Gasteiger partial charge in [0.05, 0.1) is 69.5 Å². The fourth-order valence-electron chi connectivity index (χ4n) is 8.54. The lowest BCUT2D eigenvalue weighted by Crippen LogP contribution is -2.60. The molecule has 17 nitrogen and oxygen atoms in total. The molecule has 0 spiro atoms. The number of nitrogens with one attached hydrogen (secondary N) is 3. The van der Waals surface area contributed by atoms with Gasteiger partial charge in [0.25, 0.3) is 0 Å². The van der Waals surface area contributed by atoms with Gasteiger partial charge < -0.3 is 54.7 Å². The van der Waals surface area contributed by atoms with Crippen LogP contribution >= 0.6 is 0 Å². The fourth-order valence-corrected chi connectivity index (χ4v) is 8.54. The molecule has 0 radical (unpaired) electrons. The molecule has 364 valence electrons. The van der Waals surface area contributed by atoms with Gasteiger partial charge in [-0.1, -0.05) is 85.2 Å². The van der Waals surface area contributed by atoms with Gasteiger partial charge in [-0.2, -0.15) is 0 Å². The van der Waals surface area contributed by atoms with Gasteiger partial charge >= 0.3 is 5.97 Å². The standard InChI is InChI=1S/C47H80N6O11/c1-13-32(6)42(52(10)46(58)40(30(2)3)50-45(57)41(31(4)5)51(9)38(54)21-24-63-26-27-64-25-22-48-8)37(61-11)29-39(55)53-23-17-20-36(53)43(62-12)33(7)44(56)49-35(47(59)60)28-34-18-15-14-16-19-34/h14-16,18-19,30-33,35-37,40-43,48H,13,17,20-29H2,1-12H3,(H,49,56)(H,50,57)(H,59,60)/t32-,33+,35-,36-,37+,40-,41-,42-,43+/m0/s1. The van der Waals surface area contributed by atoms with Crippen LogP contribution in [0.2, 0.25) is 0 Å². The molecule has 4 N–H and O–H groups in total. The number of hydrogen-bond acceptors (Lipinski definition) is 11. The number of amides is 5. The molecule has 0 saturated carbocycles. The lowest BCUT2D eigenvalue weighted by molar-refractivity contribution is -0.149. The van der Waals surface area contributed by atoms with Crippen molar-refractivity contribution in [2.75, 3.05) is 74.9 Å². The molecule has 0 aliphatic carbocycles. The molecule has 0 bridgehead atoms. The summed E-state index contributed by atoms with van der Waals surface area (Å²) in [7, 11) is 8.09. The van der Waals surface area contributed by atoms with Crippen molar-refractivity contribution >= 4 is 35.5 Å². The Hall–Kier alpha value is -4.16. The SMILES string of the molecule is CC[C@H](C)[C@@H]([C@@H](CC(=O)N1CCC[C@H]1[C@H](OC)[C@@H](C)C(=O)N[C@@H](Cc1ccccc1)C(=O)O)OC)N(C)C(=O)[C@@H](NC(=O)[C@H](C(C)C)N(C)C(=O)CCOCCOCCNC)C(C)C. The molecule has 2 rings (SSSR count). The molecule has 1 saturated heterocycles. The molecule has 17 heteroatoms. The minimum atomic E-state index is -1.15. The molecule has 1 aromatic carbocycles. The van der Waals surface area contributed by atoms with Crippen LogP contribution in [0.3, 0.4) is 0 Å². The van der Waals surface area contributed by atoms with Gasteiger partial charge in [0, 0.05) is 47.8 Å². The van der Waals surface area contributed by atoms with Gasteiger partial charge in [0.1, 0.15) is 18.1 Å². The zero-order valence-electron chi connectivity index (χ0n) is 40.6. The van der Waals surface area contributed by atoms with Crippen molar-refractivity contribution in [3.8, 4) is 0 Å². The third-order valence-electron chi connectivity index (χ3n) is 12.4. The van der Waals surface area contributed by atoms with Gasteiger partial charge in [-0.05, 0) is 43.2 Å². The van der Waals surface area contributed by atoms with E-state index >= 15 is 0 Å². The van der Waals surface area contributed by atoms with E-state index in [1.165, 1.54) is 19.1 Å². The Kier molecular flexibility index (Phi) is 25.1. The van der Waals surface area contributed by atoms with E-state index in [2.05, 4.69) is 16.0 Å². The molecule has 9 atom stereocenters. The van der Waals surface area contributed by atoms with Gasteiger partial charge in [0.15, 0.2) is 0 Å². The van der Waals surface area contributed by atoms with Crippen LogP contribution in [0.15, 0.2) is 30.3 Å². The number of nitrogens with zero attached hydrogens (tertiary/aromatic N) is 3. The van der Waals surface area contributed by atoms with E-state index in [1.54, 1.807) is 43.0 Å². The van der Waals surface area contributed by atoms with Crippen LogP contribution in [0.1, 0.15) is 86.1 Å². The molecule has 1 aliphatic rings. The number of ether oxygens (including phenoxy) is 4. The second kappa shape index (κ2) is 28.7. The number of carboxylic acids is 1. The first-order valence-corrected chi connectivity index (χ1v) is 22.9. The summed E-state index contributed by atoms with van der Waals surface area (Å²) in [5.74, 6) is -4.43. The van der Waals surface area contributed by atoms with Crippen molar-refractivity contribution in [3.63, 3.8) is 0 Å². The van der Waals surface area contributed by atoms with Crippen molar-refractivity contribution in [1.29, 1.82) is 0 Å². The number of aliphatic carboxylic acids is 1. The molecule has 5 amide bonds. The van der Waals surface area contributed by atoms with Crippen LogP contribution in [-0.2, 0) is 54.1 Å². The number of benzene rings is 1. The van der Waals surface area contributed by atoms with Crippen LogP contribution in [0, 0.1) is 23.7 Å². The predicted octanol–water partition coefficient (Wildman–Crippen LogP) is 2.99. The van der Waals surface area contributed by atoms with Crippen molar-refractivity contribution in [1.82, 2.24) is 30.7 Å². The highest BCUT2D eigenvalue weighted by Gasteiger charge is 2.43. The number of rotatable bonds is 30. The van der Waals surface area contributed by atoms with E-state index in [0.29, 0.717) is 45.6 Å². The molecule has 0 unspecified atom stereocenters. The summed E-state index contributed by atoms with van der Waals surface area (Å²) in [6.45, 7) is 15.7. The van der Waals surface area contributed by atoms with Gasteiger partial charge in [-0.15, -0.1) is 0 Å². The van der Waals surface area contributed by atoms with E-state index < -0.39 is 66.1 Å². The summed E-state index contributed by atoms with van der Waals surface area (Å²) >= 11 is 0. The third kappa shape index (κ3) is 16.7. The zero-order valence-corrected chi connectivity index (χ0v) is 40.6. The second-order valence-corrected chi connectivity index (χ2v) is 17.7. The lowest BCUT2D eigenvalue weighted by Gasteiger charge is -2.41. The fraction of sp³-hybridized carbons (Fsp3) is 0.745. The highest BCUT2D eigenvalue weighted by atomic mass is 16.5. The minimum absolute atomic E-state index is 0.0666. The van der Waals surface area contributed by atoms with Gasteiger partial charge in [0.2, 0.25) is 29.5 Å². The van der Waals surface area contributed by atoms with Crippen LogP contribution in [0.4, 0.5) is 0 Å². The summed E-state index contributed by atoms with van der Waals surface area (Å²) in [5, 5.41) is 18.6. The van der Waals surface area contributed by atoms with Crippen LogP contribution < -0.4 is 16.0 Å². The average Bonchev–Trinajstić information content (AvgIpc) is 3.75. The summed E-state index contributed by atoms with van der Waals surface area (Å²) in [6, 6.07) is 5.08. The third-order valence-corrected chi connectivity index (χ3v) is 12.4. The Morgan fingerprint density at radius 1 is 0.844 bits per heavy atom. The zero-order chi connectivity index (χ0) is 48.1. The van der Waals surface area contributed by atoms with Crippen molar-refractivity contribution in [2.45, 2.75) is 129 Å². The Morgan fingerprint density at radius 3 is 2.03 bits per heavy atom.